The highest BCUT2D eigenvalue weighted by Gasteiger charge is 2.06. The lowest BCUT2D eigenvalue weighted by Gasteiger charge is -2.11. The molecule has 3 nitrogen and oxygen atoms in total. The van der Waals surface area contributed by atoms with Crippen molar-refractivity contribution in [3.8, 4) is 11.6 Å². The summed E-state index contributed by atoms with van der Waals surface area (Å²) >= 11 is 0. The summed E-state index contributed by atoms with van der Waals surface area (Å²) in [6.45, 7) is 6.99. The molecule has 1 heterocycles. The summed E-state index contributed by atoms with van der Waals surface area (Å²) in [5.74, 6) is 1.93. The van der Waals surface area contributed by atoms with Crippen LogP contribution in [0.3, 0.4) is 0 Å². The third kappa shape index (κ3) is 4.30. The molecule has 1 aromatic heterocycles. The number of rotatable bonds is 6. The lowest BCUT2D eigenvalue weighted by atomic mass is 10.0. The van der Waals surface area contributed by atoms with Crippen LogP contribution in [0.25, 0.3) is 0 Å². The Morgan fingerprint density at radius 2 is 2.00 bits per heavy atom. The van der Waals surface area contributed by atoms with Gasteiger partial charge in [-0.25, -0.2) is 4.98 Å². The average Bonchev–Trinajstić information content (AvgIpc) is 2.47. The van der Waals surface area contributed by atoms with Crippen molar-refractivity contribution in [3.63, 3.8) is 0 Å². The van der Waals surface area contributed by atoms with E-state index in [2.05, 4.69) is 44.0 Å². The zero-order valence-electron chi connectivity index (χ0n) is 13.1. The van der Waals surface area contributed by atoms with Crippen molar-refractivity contribution in [3.05, 3.63) is 53.2 Å². The number of hydrogen-bond acceptors (Lipinski definition) is 3. The first-order valence-corrected chi connectivity index (χ1v) is 7.60. The number of benzene rings is 1. The molecule has 0 aliphatic carbocycles. The molecular formula is C18H24N2O. The molecule has 0 atom stereocenters. The summed E-state index contributed by atoms with van der Waals surface area (Å²) in [5.41, 5.74) is 9.11. The number of nitrogens with zero attached hydrogens (tertiary/aromatic N) is 1. The van der Waals surface area contributed by atoms with Crippen LogP contribution in [0.2, 0.25) is 0 Å². The zero-order chi connectivity index (χ0) is 15.2. The molecule has 2 aromatic rings. The van der Waals surface area contributed by atoms with E-state index in [1.165, 1.54) is 5.56 Å². The minimum Gasteiger partial charge on any atom is -0.439 e. The quantitative estimate of drug-likeness (QED) is 0.854. The molecule has 2 rings (SSSR count). The Morgan fingerprint density at radius 3 is 2.67 bits per heavy atom. The van der Waals surface area contributed by atoms with Gasteiger partial charge in [-0.3, -0.25) is 0 Å². The Bertz CT molecular complexity index is 594. The van der Waals surface area contributed by atoms with Gasteiger partial charge >= 0.3 is 0 Å². The maximum absolute atomic E-state index is 5.93. The van der Waals surface area contributed by atoms with Gasteiger partial charge in [-0.2, -0.15) is 0 Å². The van der Waals surface area contributed by atoms with E-state index in [0.29, 0.717) is 18.3 Å². The molecule has 2 N–H and O–H groups in total. The van der Waals surface area contributed by atoms with Crippen LogP contribution in [0.5, 0.6) is 11.6 Å². The van der Waals surface area contributed by atoms with Crippen molar-refractivity contribution in [2.75, 3.05) is 0 Å². The number of aryl methyl sites for hydroxylation is 1. The Morgan fingerprint density at radius 1 is 1.19 bits per heavy atom. The number of nitrogens with two attached hydrogens (primary N) is 1. The Labute approximate surface area is 127 Å². The highest BCUT2D eigenvalue weighted by Crippen LogP contribution is 2.25. The molecule has 21 heavy (non-hydrogen) atoms. The fraction of sp³-hybridized carbons (Fsp3) is 0.389. The van der Waals surface area contributed by atoms with Gasteiger partial charge < -0.3 is 10.5 Å². The first kappa shape index (κ1) is 15.5. The first-order chi connectivity index (χ1) is 10.1. The summed E-state index contributed by atoms with van der Waals surface area (Å²) in [5, 5.41) is 0. The van der Waals surface area contributed by atoms with Crippen LogP contribution in [0, 0.1) is 0 Å². The fourth-order valence-electron chi connectivity index (χ4n) is 2.23. The van der Waals surface area contributed by atoms with Gasteiger partial charge in [0.2, 0.25) is 5.88 Å². The van der Waals surface area contributed by atoms with Gasteiger partial charge in [0.15, 0.2) is 0 Å². The maximum atomic E-state index is 5.93. The number of hydrogen-bond donors (Lipinski definition) is 1. The van der Waals surface area contributed by atoms with Crippen LogP contribution in [-0.4, -0.2) is 4.98 Å². The fourth-order valence-corrected chi connectivity index (χ4v) is 2.23. The molecule has 0 aliphatic heterocycles. The van der Waals surface area contributed by atoms with E-state index >= 15 is 0 Å². The highest BCUT2D eigenvalue weighted by molar-refractivity contribution is 5.34. The molecule has 112 valence electrons. The van der Waals surface area contributed by atoms with E-state index in [1.54, 1.807) is 0 Å². The second-order valence-corrected chi connectivity index (χ2v) is 5.59. The van der Waals surface area contributed by atoms with E-state index in [0.717, 1.165) is 29.8 Å². The molecule has 0 aliphatic rings. The third-order valence-corrected chi connectivity index (χ3v) is 3.40. The van der Waals surface area contributed by atoms with Gasteiger partial charge in [-0.05, 0) is 41.7 Å². The van der Waals surface area contributed by atoms with Crippen LogP contribution in [0.15, 0.2) is 36.4 Å². The maximum Gasteiger partial charge on any atom is 0.219 e. The normalized spacial score (nSPS) is 10.9. The predicted octanol–water partition coefficient (Wildman–Crippen LogP) is 4.41. The van der Waals surface area contributed by atoms with Crippen LogP contribution >= 0.6 is 0 Å². The summed E-state index contributed by atoms with van der Waals surface area (Å²) in [6, 6.07) is 12.1. The van der Waals surface area contributed by atoms with Crippen molar-refractivity contribution < 1.29 is 4.74 Å². The summed E-state index contributed by atoms with van der Waals surface area (Å²) in [7, 11) is 0. The van der Waals surface area contributed by atoms with Crippen molar-refractivity contribution in [1.29, 1.82) is 0 Å². The van der Waals surface area contributed by atoms with E-state index in [9.17, 15) is 0 Å². The second kappa shape index (κ2) is 7.23. The van der Waals surface area contributed by atoms with Crippen LogP contribution < -0.4 is 10.5 Å². The molecule has 0 amide bonds. The summed E-state index contributed by atoms with van der Waals surface area (Å²) < 4.78 is 5.93. The van der Waals surface area contributed by atoms with Crippen LogP contribution in [0.1, 0.15) is 49.9 Å². The molecule has 0 radical (unpaired) electrons. The molecule has 3 heteroatoms. The average molecular weight is 284 g/mol. The van der Waals surface area contributed by atoms with Gasteiger partial charge in [0.05, 0.1) is 0 Å². The standard InChI is InChI=1S/C18H24N2O/c1-4-6-16-9-14(12-19)10-18(20-16)21-17-8-5-7-15(11-17)13(2)3/h5,7-11,13H,4,6,12,19H2,1-3H3. The van der Waals surface area contributed by atoms with Gasteiger partial charge in [-0.15, -0.1) is 0 Å². The molecule has 0 unspecified atom stereocenters. The predicted molar refractivity (Wildman–Crippen MR) is 86.7 cm³/mol. The number of pyridine rings is 1. The lowest BCUT2D eigenvalue weighted by Crippen LogP contribution is -2.01. The SMILES string of the molecule is CCCc1cc(CN)cc(Oc2cccc(C(C)C)c2)n1. The molecule has 0 saturated carbocycles. The smallest absolute Gasteiger partial charge is 0.219 e. The van der Waals surface area contributed by atoms with Gasteiger partial charge in [0.25, 0.3) is 0 Å². The van der Waals surface area contributed by atoms with Crippen molar-refractivity contribution in [2.45, 2.75) is 46.1 Å². The van der Waals surface area contributed by atoms with Crippen LogP contribution in [-0.2, 0) is 13.0 Å². The third-order valence-electron chi connectivity index (χ3n) is 3.40. The van der Waals surface area contributed by atoms with Crippen molar-refractivity contribution >= 4 is 0 Å². The zero-order valence-corrected chi connectivity index (χ0v) is 13.1. The minimum atomic E-state index is 0.479. The van der Waals surface area contributed by atoms with Gasteiger partial charge in [0, 0.05) is 18.3 Å². The molecule has 0 spiro atoms. The molecule has 0 bridgehead atoms. The summed E-state index contributed by atoms with van der Waals surface area (Å²) in [4.78, 5) is 4.56. The molecule has 0 fully saturated rings. The van der Waals surface area contributed by atoms with Gasteiger partial charge in [0.1, 0.15) is 5.75 Å². The lowest BCUT2D eigenvalue weighted by molar-refractivity contribution is 0.458. The van der Waals surface area contributed by atoms with Gasteiger partial charge in [-0.1, -0.05) is 39.3 Å². The van der Waals surface area contributed by atoms with E-state index in [4.69, 9.17) is 10.5 Å². The van der Waals surface area contributed by atoms with E-state index < -0.39 is 0 Å². The topological polar surface area (TPSA) is 48.1 Å². The van der Waals surface area contributed by atoms with Crippen molar-refractivity contribution in [2.24, 2.45) is 5.73 Å². The summed E-state index contributed by atoms with van der Waals surface area (Å²) in [6.07, 6.45) is 2.00. The monoisotopic (exact) mass is 284 g/mol. The number of ether oxygens (including phenoxy) is 1. The van der Waals surface area contributed by atoms with Crippen molar-refractivity contribution in [1.82, 2.24) is 4.98 Å². The highest BCUT2D eigenvalue weighted by atomic mass is 16.5. The number of aromatic nitrogens is 1. The van der Waals surface area contributed by atoms with E-state index in [1.807, 2.05) is 18.2 Å². The second-order valence-electron chi connectivity index (χ2n) is 5.59. The Balaban J connectivity index is 2.25. The molecule has 1 aromatic carbocycles. The Hall–Kier alpha value is -1.87. The Kier molecular flexibility index (Phi) is 5.34. The minimum absolute atomic E-state index is 0.479. The van der Waals surface area contributed by atoms with Crippen LogP contribution in [0.4, 0.5) is 0 Å². The van der Waals surface area contributed by atoms with E-state index in [-0.39, 0.29) is 0 Å². The molecular weight excluding hydrogens is 260 g/mol. The molecule has 0 saturated heterocycles. The largest absolute Gasteiger partial charge is 0.439 e. The first-order valence-electron chi connectivity index (χ1n) is 7.60.